The van der Waals surface area contributed by atoms with Crippen LogP contribution in [0.3, 0.4) is 0 Å². The number of fused-ring (bicyclic) bond motifs is 1. The topological polar surface area (TPSA) is 108 Å². The van der Waals surface area contributed by atoms with Gasteiger partial charge in [-0.05, 0) is 12.1 Å². The van der Waals surface area contributed by atoms with Crippen LogP contribution in [0, 0.1) is 0 Å². The number of para-hydroxylation sites is 2. The van der Waals surface area contributed by atoms with Gasteiger partial charge < -0.3 is 9.88 Å². The lowest BCUT2D eigenvalue weighted by Gasteiger charge is -2.03. The maximum atomic E-state index is 11.7. The van der Waals surface area contributed by atoms with Crippen LogP contribution in [0.1, 0.15) is 16.4 Å². The Morgan fingerprint density at radius 2 is 2.19 bits per heavy atom. The molecule has 2 aromatic heterocycles. The van der Waals surface area contributed by atoms with Crippen LogP contribution in [0.2, 0.25) is 0 Å². The summed E-state index contributed by atoms with van der Waals surface area (Å²) in [5.74, 6) is 0.434. The molecular formula is C13H14N6O2. The molecule has 8 nitrogen and oxygen atoms in total. The summed E-state index contributed by atoms with van der Waals surface area (Å²) in [6.07, 6.45) is 0.589. The fourth-order valence-electron chi connectivity index (χ4n) is 2.17. The number of H-pyrrole nitrogens is 2. The van der Waals surface area contributed by atoms with Gasteiger partial charge in [-0.3, -0.25) is 9.78 Å². The van der Waals surface area contributed by atoms with Crippen molar-refractivity contribution in [1.29, 1.82) is 0 Å². The number of carbonyl (C=O) groups excluding carboxylic acids is 1. The van der Waals surface area contributed by atoms with E-state index >= 15 is 0 Å². The SMILES string of the molecule is Cn1c(CCNC(=O)c2n[nH]c(=O)[nH]2)nc2ccccc21. The third-order valence-corrected chi connectivity index (χ3v) is 3.23. The van der Waals surface area contributed by atoms with Gasteiger partial charge in [0.05, 0.1) is 11.0 Å². The second-order valence-electron chi connectivity index (χ2n) is 4.61. The zero-order valence-corrected chi connectivity index (χ0v) is 11.4. The third kappa shape index (κ3) is 2.55. The van der Waals surface area contributed by atoms with Crippen LogP contribution in [0.25, 0.3) is 11.0 Å². The molecule has 3 N–H and O–H groups in total. The molecule has 0 bridgehead atoms. The number of carbonyl (C=O) groups is 1. The Hall–Kier alpha value is -2.90. The molecule has 0 saturated carbocycles. The highest BCUT2D eigenvalue weighted by molar-refractivity contribution is 5.90. The summed E-state index contributed by atoms with van der Waals surface area (Å²) in [6.45, 7) is 0.408. The summed E-state index contributed by atoms with van der Waals surface area (Å²) >= 11 is 0. The Morgan fingerprint density at radius 3 is 2.90 bits per heavy atom. The summed E-state index contributed by atoms with van der Waals surface area (Å²) in [5.41, 5.74) is 1.48. The molecule has 8 heteroatoms. The molecule has 1 aromatic carbocycles. The molecule has 3 aromatic rings. The van der Waals surface area contributed by atoms with Crippen LogP contribution in [0.15, 0.2) is 29.1 Å². The number of benzene rings is 1. The first kappa shape index (κ1) is 13.1. The van der Waals surface area contributed by atoms with Crippen LogP contribution in [-0.4, -0.2) is 37.2 Å². The van der Waals surface area contributed by atoms with Gasteiger partial charge in [0.15, 0.2) is 0 Å². The molecule has 2 heterocycles. The summed E-state index contributed by atoms with van der Waals surface area (Å²) < 4.78 is 2.00. The Labute approximate surface area is 119 Å². The maximum Gasteiger partial charge on any atom is 0.341 e. The van der Waals surface area contributed by atoms with Crippen LogP contribution >= 0.6 is 0 Å². The quantitative estimate of drug-likeness (QED) is 0.625. The fourth-order valence-corrected chi connectivity index (χ4v) is 2.17. The van der Waals surface area contributed by atoms with E-state index in [1.807, 2.05) is 35.9 Å². The molecule has 0 spiro atoms. The summed E-state index contributed by atoms with van der Waals surface area (Å²) in [7, 11) is 1.94. The molecule has 0 unspecified atom stereocenters. The maximum absolute atomic E-state index is 11.7. The van der Waals surface area contributed by atoms with Crippen LogP contribution in [-0.2, 0) is 13.5 Å². The highest BCUT2D eigenvalue weighted by Gasteiger charge is 2.11. The monoisotopic (exact) mass is 286 g/mol. The van der Waals surface area contributed by atoms with E-state index in [-0.39, 0.29) is 5.82 Å². The first-order valence-corrected chi connectivity index (χ1v) is 6.48. The van der Waals surface area contributed by atoms with Crippen molar-refractivity contribution in [3.8, 4) is 0 Å². The molecule has 0 saturated heterocycles. The number of aromatic nitrogens is 5. The molecule has 108 valence electrons. The van der Waals surface area contributed by atoms with E-state index in [2.05, 4.69) is 25.5 Å². The summed E-state index contributed by atoms with van der Waals surface area (Å²) in [6, 6.07) is 7.85. The zero-order valence-electron chi connectivity index (χ0n) is 11.4. The van der Waals surface area contributed by atoms with Gasteiger partial charge in [-0.1, -0.05) is 12.1 Å². The van der Waals surface area contributed by atoms with Gasteiger partial charge in [0, 0.05) is 20.0 Å². The number of nitrogens with zero attached hydrogens (tertiary/aromatic N) is 3. The molecule has 0 aliphatic heterocycles. The highest BCUT2D eigenvalue weighted by atomic mass is 16.2. The number of imidazole rings is 1. The highest BCUT2D eigenvalue weighted by Crippen LogP contribution is 2.14. The number of nitrogens with one attached hydrogen (secondary N) is 3. The number of aromatic amines is 2. The van der Waals surface area contributed by atoms with Gasteiger partial charge in [-0.25, -0.2) is 14.9 Å². The minimum Gasteiger partial charge on any atom is -0.349 e. The normalized spacial score (nSPS) is 10.9. The second kappa shape index (κ2) is 5.23. The van der Waals surface area contributed by atoms with Crippen LogP contribution in [0.4, 0.5) is 0 Å². The van der Waals surface area contributed by atoms with Gasteiger partial charge in [0.25, 0.3) is 5.91 Å². The van der Waals surface area contributed by atoms with E-state index in [1.54, 1.807) is 0 Å². The van der Waals surface area contributed by atoms with Gasteiger partial charge in [0.1, 0.15) is 5.82 Å². The van der Waals surface area contributed by atoms with E-state index in [4.69, 9.17) is 0 Å². The first-order valence-electron chi connectivity index (χ1n) is 6.48. The number of rotatable bonds is 4. The van der Waals surface area contributed by atoms with Crippen molar-refractivity contribution in [3.63, 3.8) is 0 Å². The average molecular weight is 286 g/mol. The van der Waals surface area contributed by atoms with Crippen LogP contribution < -0.4 is 11.0 Å². The van der Waals surface area contributed by atoms with Crippen molar-refractivity contribution in [3.05, 3.63) is 46.4 Å². The third-order valence-electron chi connectivity index (χ3n) is 3.23. The molecule has 0 aliphatic carbocycles. The average Bonchev–Trinajstić information content (AvgIpc) is 3.04. The number of aryl methyl sites for hydroxylation is 1. The molecule has 0 aliphatic rings. The molecule has 3 rings (SSSR count). The molecule has 0 atom stereocenters. The van der Waals surface area contributed by atoms with E-state index in [0.29, 0.717) is 13.0 Å². The molecule has 0 radical (unpaired) electrons. The minimum absolute atomic E-state index is 0.0231. The zero-order chi connectivity index (χ0) is 14.8. The number of hydrogen-bond acceptors (Lipinski definition) is 4. The van der Waals surface area contributed by atoms with Gasteiger partial charge >= 0.3 is 5.69 Å². The molecular weight excluding hydrogens is 272 g/mol. The molecule has 21 heavy (non-hydrogen) atoms. The molecule has 0 fully saturated rings. The lowest BCUT2D eigenvalue weighted by Crippen LogP contribution is -2.27. The fraction of sp³-hybridized carbons (Fsp3) is 0.231. The van der Waals surface area contributed by atoms with Crippen molar-refractivity contribution < 1.29 is 4.79 Å². The largest absolute Gasteiger partial charge is 0.349 e. The first-order chi connectivity index (χ1) is 10.1. The summed E-state index contributed by atoms with van der Waals surface area (Å²) in [5, 5.41) is 8.40. The van der Waals surface area contributed by atoms with Crippen LogP contribution in [0.5, 0.6) is 0 Å². The van der Waals surface area contributed by atoms with Gasteiger partial charge in [0.2, 0.25) is 5.82 Å². The summed E-state index contributed by atoms with van der Waals surface area (Å²) in [4.78, 5) is 29.4. The molecule has 1 amide bonds. The van der Waals surface area contributed by atoms with Gasteiger partial charge in [-0.15, -0.1) is 5.10 Å². The lowest BCUT2D eigenvalue weighted by molar-refractivity contribution is 0.0944. The Kier molecular flexibility index (Phi) is 3.27. The number of hydrogen-bond donors (Lipinski definition) is 3. The predicted octanol–water partition coefficient (Wildman–Crippen LogP) is -0.0428. The smallest absolute Gasteiger partial charge is 0.341 e. The Bertz CT molecular complexity index is 844. The van der Waals surface area contributed by atoms with Crippen molar-refractivity contribution >= 4 is 16.9 Å². The lowest BCUT2D eigenvalue weighted by atomic mass is 10.3. The van der Waals surface area contributed by atoms with E-state index in [1.165, 1.54) is 0 Å². The Balaban J connectivity index is 1.65. The van der Waals surface area contributed by atoms with Crippen molar-refractivity contribution in [2.24, 2.45) is 7.05 Å². The van der Waals surface area contributed by atoms with Gasteiger partial charge in [-0.2, -0.15) is 0 Å². The van der Waals surface area contributed by atoms with Crippen molar-refractivity contribution in [2.75, 3.05) is 6.54 Å². The van der Waals surface area contributed by atoms with E-state index in [0.717, 1.165) is 16.9 Å². The standard InChI is InChI=1S/C13H14N6O2/c1-19-9-5-3-2-4-8(9)15-10(19)6-7-14-12(20)11-16-13(21)18-17-11/h2-5H,6-7H2,1H3,(H,14,20)(H2,16,17,18,21). The van der Waals surface area contributed by atoms with Crippen molar-refractivity contribution in [2.45, 2.75) is 6.42 Å². The van der Waals surface area contributed by atoms with E-state index < -0.39 is 11.6 Å². The minimum atomic E-state index is -0.504. The van der Waals surface area contributed by atoms with E-state index in [9.17, 15) is 9.59 Å². The van der Waals surface area contributed by atoms with Crippen molar-refractivity contribution in [1.82, 2.24) is 30.0 Å². The second-order valence-corrected chi connectivity index (χ2v) is 4.61. The Morgan fingerprint density at radius 1 is 1.38 bits per heavy atom. The predicted molar refractivity (Wildman–Crippen MR) is 76.0 cm³/mol. The number of amides is 1.